The molecule has 0 saturated carbocycles. The SMILES string of the molecule is CC(=O)Oc1cc(OC(C)=O)c2c(c1)OC(c1ccc(CC(=O)O)cc1)CC2=O.O=C1CC(c2ccc(O)cc2)Oc2cc(O)cc(O)c21. The highest BCUT2D eigenvalue weighted by molar-refractivity contribution is 6.04. The zero-order valence-corrected chi connectivity index (χ0v) is 26.2. The molecule has 0 bridgehead atoms. The number of hydrogen-bond acceptors (Lipinski definition) is 12. The van der Waals surface area contributed by atoms with Crippen molar-refractivity contribution in [2.24, 2.45) is 0 Å². The summed E-state index contributed by atoms with van der Waals surface area (Å²) in [7, 11) is 0. The van der Waals surface area contributed by atoms with Crippen molar-refractivity contribution >= 4 is 29.5 Å². The van der Waals surface area contributed by atoms with Crippen LogP contribution >= 0.6 is 0 Å². The standard InChI is InChI=1S/C21H18O8.C15H12O5/c1-11(22)27-15-8-18(28-12(2)23)21-16(24)10-17(29-19(21)9-15)14-5-3-13(4-6-14)7-20(25)26;16-9-3-1-8(2-4-9)13-7-12(19)15-11(18)5-10(17)6-14(15)20-13/h3-6,8-9,17H,7,10H2,1-2H3,(H,25,26);1-6,13,16-18H,7H2. The van der Waals surface area contributed by atoms with Crippen LogP contribution in [-0.4, -0.2) is 49.9 Å². The highest BCUT2D eigenvalue weighted by Crippen LogP contribution is 2.43. The van der Waals surface area contributed by atoms with Gasteiger partial charge in [0.1, 0.15) is 63.6 Å². The highest BCUT2D eigenvalue weighted by Gasteiger charge is 2.33. The molecule has 2 atom stereocenters. The van der Waals surface area contributed by atoms with Crippen molar-refractivity contribution in [3.8, 4) is 40.2 Å². The van der Waals surface area contributed by atoms with Gasteiger partial charge in [-0.25, -0.2) is 0 Å². The molecule has 2 aliphatic heterocycles. The molecule has 13 heteroatoms. The monoisotopic (exact) mass is 670 g/mol. The number of benzene rings is 4. The Morgan fingerprint density at radius 1 is 0.694 bits per heavy atom. The molecule has 0 aliphatic carbocycles. The molecule has 4 aromatic carbocycles. The zero-order valence-electron chi connectivity index (χ0n) is 26.2. The quantitative estimate of drug-likeness (QED) is 0.150. The molecular formula is C36H30O13. The number of phenolic OH excluding ortho intramolecular Hbond substituents is 3. The normalized spacial score (nSPS) is 16.0. The molecule has 4 aromatic rings. The predicted octanol–water partition coefficient (Wildman–Crippen LogP) is 5.38. The van der Waals surface area contributed by atoms with E-state index < -0.39 is 30.1 Å². The van der Waals surface area contributed by atoms with E-state index in [2.05, 4.69) is 0 Å². The lowest BCUT2D eigenvalue weighted by atomic mass is 9.94. The number of carbonyl (C=O) groups is 5. The smallest absolute Gasteiger partial charge is 0.308 e. The third-order valence-electron chi connectivity index (χ3n) is 7.43. The van der Waals surface area contributed by atoms with Gasteiger partial charge in [-0.2, -0.15) is 0 Å². The van der Waals surface area contributed by atoms with E-state index >= 15 is 0 Å². The first-order chi connectivity index (χ1) is 23.3. The Labute approximate surface area is 278 Å². The van der Waals surface area contributed by atoms with Gasteiger partial charge >= 0.3 is 17.9 Å². The van der Waals surface area contributed by atoms with Gasteiger partial charge in [-0.1, -0.05) is 36.4 Å². The Balaban J connectivity index is 0.000000204. The largest absolute Gasteiger partial charge is 0.508 e. The molecule has 4 N–H and O–H groups in total. The minimum absolute atomic E-state index is 0.00640. The summed E-state index contributed by atoms with van der Waals surface area (Å²) in [4.78, 5) is 58.4. The van der Waals surface area contributed by atoms with Crippen LogP contribution in [0.3, 0.4) is 0 Å². The fourth-order valence-corrected chi connectivity index (χ4v) is 5.37. The van der Waals surface area contributed by atoms with Gasteiger partial charge in [0.25, 0.3) is 0 Å². The minimum Gasteiger partial charge on any atom is -0.508 e. The van der Waals surface area contributed by atoms with Crippen molar-refractivity contribution in [3.63, 3.8) is 0 Å². The second-order valence-corrected chi connectivity index (χ2v) is 11.2. The van der Waals surface area contributed by atoms with Crippen LogP contribution in [-0.2, 0) is 20.8 Å². The summed E-state index contributed by atoms with van der Waals surface area (Å²) in [6.07, 6.45) is -1.13. The van der Waals surface area contributed by atoms with Crippen LogP contribution in [0, 0.1) is 0 Å². The van der Waals surface area contributed by atoms with E-state index in [1.807, 2.05) is 0 Å². The van der Waals surface area contributed by atoms with E-state index in [4.69, 9.17) is 24.1 Å². The molecule has 0 aromatic heterocycles. The maximum absolute atomic E-state index is 12.8. The predicted molar refractivity (Wildman–Crippen MR) is 169 cm³/mol. The summed E-state index contributed by atoms with van der Waals surface area (Å²) in [5, 5.41) is 37.3. The lowest BCUT2D eigenvalue weighted by Crippen LogP contribution is -2.22. The fraction of sp³-hybridized carbons (Fsp3) is 0.194. The third kappa shape index (κ3) is 8.14. The molecule has 6 rings (SSSR count). The van der Waals surface area contributed by atoms with Gasteiger partial charge in [0, 0.05) is 38.1 Å². The first-order valence-corrected chi connectivity index (χ1v) is 14.9. The van der Waals surface area contributed by atoms with Crippen molar-refractivity contribution in [1.82, 2.24) is 0 Å². The summed E-state index contributed by atoms with van der Waals surface area (Å²) in [5.74, 6) is -2.66. The molecule has 0 spiro atoms. The van der Waals surface area contributed by atoms with Gasteiger partial charge in [0.05, 0.1) is 19.3 Å². The average Bonchev–Trinajstić information content (AvgIpc) is 3.00. The van der Waals surface area contributed by atoms with Gasteiger partial charge in [-0.15, -0.1) is 0 Å². The number of esters is 2. The molecule has 0 fully saturated rings. The fourth-order valence-electron chi connectivity index (χ4n) is 5.37. The zero-order chi connectivity index (χ0) is 35.4. The molecule has 2 heterocycles. The summed E-state index contributed by atoms with van der Waals surface area (Å²) in [5.41, 5.74) is 2.25. The van der Waals surface area contributed by atoms with E-state index in [0.29, 0.717) is 11.1 Å². The summed E-state index contributed by atoms with van der Waals surface area (Å²) >= 11 is 0. The number of fused-ring (bicyclic) bond motifs is 2. The van der Waals surface area contributed by atoms with Crippen LogP contribution < -0.4 is 18.9 Å². The lowest BCUT2D eigenvalue weighted by Gasteiger charge is -2.27. The van der Waals surface area contributed by atoms with Crippen molar-refractivity contribution in [1.29, 1.82) is 0 Å². The number of aromatic hydroxyl groups is 3. The summed E-state index contributed by atoms with van der Waals surface area (Å²) < 4.78 is 21.8. The second-order valence-electron chi connectivity index (χ2n) is 11.2. The van der Waals surface area contributed by atoms with Gasteiger partial charge in [0.2, 0.25) is 0 Å². The first kappa shape index (κ1) is 34.0. The molecule has 0 saturated heterocycles. The Hall–Kier alpha value is -6.37. The maximum atomic E-state index is 12.8. The second kappa shape index (κ2) is 14.2. The molecule has 252 valence electrons. The number of rotatable bonds is 6. The lowest BCUT2D eigenvalue weighted by molar-refractivity contribution is -0.136. The van der Waals surface area contributed by atoms with Crippen LogP contribution in [0.5, 0.6) is 40.2 Å². The van der Waals surface area contributed by atoms with Crippen molar-refractivity contribution in [2.75, 3.05) is 0 Å². The molecule has 49 heavy (non-hydrogen) atoms. The van der Waals surface area contributed by atoms with Gasteiger partial charge in [0.15, 0.2) is 11.6 Å². The van der Waals surface area contributed by atoms with Crippen LogP contribution in [0.15, 0.2) is 72.8 Å². The number of ether oxygens (including phenoxy) is 4. The maximum Gasteiger partial charge on any atom is 0.308 e. The average molecular weight is 671 g/mol. The number of carboxylic acid groups (broad SMARTS) is 1. The molecular weight excluding hydrogens is 640 g/mol. The van der Waals surface area contributed by atoms with Crippen LogP contribution in [0.1, 0.15) is 76.3 Å². The van der Waals surface area contributed by atoms with Crippen LogP contribution in [0.4, 0.5) is 0 Å². The summed E-state index contributed by atoms with van der Waals surface area (Å²) in [6.45, 7) is 2.42. The highest BCUT2D eigenvalue weighted by atomic mass is 16.5. The topological polar surface area (TPSA) is 203 Å². The molecule has 0 radical (unpaired) electrons. The number of Topliss-reactive ketones (excluding diaryl/α,β-unsaturated/α-hetero) is 2. The molecule has 2 unspecified atom stereocenters. The van der Waals surface area contributed by atoms with Crippen molar-refractivity contribution in [2.45, 2.75) is 45.3 Å². The van der Waals surface area contributed by atoms with Crippen molar-refractivity contribution in [3.05, 3.63) is 101 Å². The van der Waals surface area contributed by atoms with Crippen LogP contribution in [0.2, 0.25) is 0 Å². The van der Waals surface area contributed by atoms with E-state index in [1.54, 1.807) is 36.4 Å². The van der Waals surface area contributed by atoms with E-state index in [0.717, 1.165) is 11.6 Å². The number of carbonyl (C=O) groups excluding carboxylic acids is 4. The van der Waals surface area contributed by atoms with E-state index in [9.17, 15) is 39.3 Å². The minimum atomic E-state index is -0.938. The first-order valence-electron chi connectivity index (χ1n) is 14.9. The van der Waals surface area contributed by atoms with Gasteiger partial charge in [-0.05, 0) is 28.8 Å². The third-order valence-corrected chi connectivity index (χ3v) is 7.43. The molecule has 13 nitrogen and oxygen atoms in total. The van der Waals surface area contributed by atoms with Crippen molar-refractivity contribution < 1.29 is 63.3 Å². The Bertz CT molecular complexity index is 1950. The Morgan fingerprint density at radius 2 is 1.22 bits per heavy atom. The Kier molecular flexibility index (Phi) is 9.83. The molecule has 2 aliphatic rings. The summed E-state index contributed by atoms with van der Waals surface area (Å²) in [6, 6.07) is 18.2. The number of aliphatic carboxylic acids is 1. The van der Waals surface area contributed by atoms with Gasteiger partial charge in [-0.3, -0.25) is 24.0 Å². The number of phenols is 3. The number of carboxylic acids is 1. The number of hydrogen-bond donors (Lipinski definition) is 4. The van der Waals surface area contributed by atoms with E-state index in [1.165, 1.54) is 44.2 Å². The van der Waals surface area contributed by atoms with Crippen LogP contribution in [0.25, 0.3) is 0 Å². The van der Waals surface area contributed by atoms with Gasteiger partial charge < -0.3 is 39.4 Å². The number of ketones is 2. The van der Waals surface area contributed by atoms with E-state index in [-0.39, 0.29) is 82.2 Å². The Morgan fingerprint density at radius 3 is 1.78 bits per heavy atom. The molecule has 0 amide bonds.